The Morgan fingerprint density at radius 3 is 1.47 bits per heavy atom. The van der Waals surface area contributed by atoms with Gasteiger partial charge in [0.1, 0.15) is 11.5 Å². The first-order valence-corrected chi connectivity index (χ1v) is 38.4. The summed E-state index contributed by atoms with van der Waals surface area (Å²) in [5.41, 5.74) is 4.99. The first-order valence-electron chi connectivity index (χ1n) is 34.3. The highest BCUT2D eigenvalue weighted by Crippen LogP contribution is 2.52. The van der Waals surface area contributed by atoms with Crippen molar-refractivity contribution >= 4 is 72.0 Å². The molecule has 2 fully saturated rings. The van der Waals surface area contributed by atoms with E-state index in [0.717, 1.165) is 130 Å². The van der Waals surface area contributed by atoms with Crippen molar-refractivity contribution in [1.82, 2.24) is 9.44 Å². The molecule has 4 bridgehead atoms. The van der Waals surface area contributed by atoms with Gasteiger partial charge in [0, 0.05) is 76.6 Å². The highest BCUT2D eigenvalue weighted by molar-refractivity contribution is 7.99. The van der Waals surface area contributed by atoms with Gasteiger partial charge in [-0.25, -0.2) is 17.3 Å². The number of amides is 2. The third-order valence-corrected chi connectivity index (χ3v) is 27.4. The van der Waals surface area contributed by atoms with E-state index in [9.17, 15) is 32.4 Å². The maximum absolute atomic E-state index is 13.8. The number of ether oxygens (including phenoxy) is 4. The van der Waals surface area contributed by atoms with Gasteiger partial charge in [-0.3, -0.25) is 14.3 Å². The van der Waals surface area contributed by atoms with E-state index in [0.29, 0.717) is 83.1 Å². The molecule has 0 aromatic heterocycles. The number of fused-ring (bicyclic) bond motifs is 8. The van der Waals surface area contributed by atoms with Crippen LogP contribution >= 0.6 is 23.2 Å². The third-order valence-electron chi connectivity index (χ3n) is 22.9. The molecule has 8 aliphatic rings. The number of aliphatic hydroxyl groups is 2. The van der Waals surface area contributed by atoms with Gasteiger partial charge in [0.05, 0.1) is 64.0 Å². The normalized spacial score (nSPS) is 33.8. The standard InChI is InChI=1S/C37H51ClN2O5S.C36H49ClN2O6S/c1-5-18-44-24-37(42)17-6-8-25(2)26(3)46(4,43)39-35(41)28-11-15-34-33(20-28)40(21-29-10-13-32(29)37)22-36(23-45-34)16-7-9-27-19-30(38)12-14-31(27)36;1-4-17-44-23-36(41)16-5-7-24(2)25(3)46(42,43)38-34(40)27-10-14-33-32(19-27)39(20-28-9-12-31(28)36)21-35(22-45-33)15-6-8-26-18-29(37)11-13-30(26)35/h11-12,14-15,19-20,25-26,29,32,42H,4-10,13,16-18,21-24H2,1-3H3,(H,39,41,43);10-11,13-14,18-19,24-25,28,31,41H,4-9,12,15-17,20-23H2,1-3H3,(H,38,40)/t25-,26+,29-,32+,36-,37+,46?;24-,25+,28-,31+,35-,36-/m00/s1. The number of nitrogens with zero attached hydrogens (tertiary/aromatic N) is 2. The van der Waals surface area contributed by atoms with Crippen LogP contribution in [0.5, 0.6) is 11.5 Å². The van der Waals surface area contributed by atoms with Gasteiger partial charge in [0.15, 0.2) is 0 Å². The van der Waals surface area contributed by atoms with Crippen molar-refractivity contribution in [2.45, 2.75) is 190 Å². The summed E-state index contributed by atoms with van der Waals surface area (Å²) < 4.78 is 71.0. The van der Waals surface area contributed by atoms with Gasteiger partial charge in [-0.15, -0.1) is 0 Å². The van der Waals surface area contributed by atoms with Crippen molar-refractivity contribution < 1.29 is 51.4 Å². The average molecular weight is 1340 g/mol. The summed E-state index contributed by atoms with van der Waals surface area (Å²) in [6, 6.07) is 23.2. The van der Waals surface area contributed by atoms with Crippen LogP contribution in [0.4, 0.5) is 11.4 Å². The number of rotatable bonds is 8. The van der Waals surface area contributed by atoms with Crippen LogP contribution in [-0.2, 0) is 52.9 Å². The molecule has 4 aromatic rings. The molecule has 2 spiro atoms. The van der Waals surface area contributed by atoms with Gasteiger partial charge in [-0.2, -0.15) is 0 Å². The summed E-state index contributed by atoms with van der Waals surface area (Å²) in [7, 11) is -6.87. The molecular formula is C73H100Cl2N4O11S2. The minimum absolute atomic E-state index is 0.0524. The van der Waals surface area contributed by atoms with Crippen molar-refractivity contribution in [3.05, 3.63) is 116 Å². The van der Waals surface area contributed by atoms with Crippen LogP contribution in [-0.4, -0.2) is 128 Å². The number of halogens is 2. The van der Waals surface area contributed by atoms with E-state index in [1.807, 2.05) is 38.1 Å². The third kappa shape index (κ3) is 14.4. The zero-order valence-corrected chi connectivity index (χ0v) is 58.2. The molecule has 12 rings (SSSR count). The van der Waals surface area contributed by atoms with E-state index in [-0.39, 0.29) is 69.7 Å². The smallest absolute Gasteiger partial charge is 0.264 e. The zero-order valence-electron chi connectivity index (χ0n) is 55.1. The molecule has 15 nitrogen and oxygen atoms in total. The Morgan fingerprint density at radius 1 is 0.587 bits per heavy atom. The van der Waals surface area contributed by atoms with Gasteiger partial charge in [-0.1, -0.05) is 75.9 Å². The molecule has 92 heavy (non-hydrogen) atoms. The van der Waals surface area contributed by atoms with E-state index in [1.165, 1.54) is 22.3 Å². The second-order valence-electron chi connectivity index (χ2n) is 29.1. The fraction of sp³-hybridized carbons (Fsp3) is 0.630. The van der Waals surface area contributed by atoms with Crippen LogP contribution in [0, 0.1) is 35.5 Å². The number of aryl methyl sites for hydroxylation is 2. The number of sulfonamides is 1. The molecule has 4 aliphatic carbocycles. The average Bonchev–Trinajstić information content (AvgIpc) is 1.61. The molecule has 4 aromatic carbocycles. The summed E-state index contributed by atoms with van der Waals surface area (Å²) in [6.07, 6.45) is 15.7. The van der Waals surface area contributed by atoms with Gasteiger partial charge < -0.3 is 39.0 Å². The highest BCUT2D eigenvalue weighted by Gasteiger charge is 2.51. The van der Waals surface area contributed by atoms with Crippen LogP contribution < -0.4 is 28.7 Å². The van der Waals surface area contributed by atoms with Crippen molar-refractivity contribution in [3.63, 3.8) is 0 Å². The van der Waals surface area contributed by atoms with Gasteiger partial charge in [0.25, 0.3) is 11.8 Å². The van der Waals surface area contributed by atoms with Crippen LogP contribution in [0.15, 0.2) is 72.8 Å². The van der Waals surface area contributed by atoms with E-state index >= 15 is 0 Å². The molecular weight excluding hydrogens is 1240 g/mol. The molecule has 4 aliphatic heterocycles. The van der Waals surface area contributed by atoms with Crippen molar-refractivity contribution in [3.8, 4) is 11.5 Å². The first kappa shape index (κ1) is 68.8. The summed E-state index contributed by atoms with van der Waals surface area (Å²) in [5, 5.41) is 24.9. The number of benzene rings is 4. The van der Waals surface area contributed by atoms with E-state index in [2.05, 4.69) is 70.2 Å². The number of hydrogen-bond donors (Lipinski definition) is 4. The van der Waals surface area contributed by atoms with Gasteiger partial charge >= 0.3 is 0 Å². The number of hydrogen-bond acceptors (Lipinski definition) is 13. The molecule has 4 heterocycles. The second kappa shape index (κ2) is 28.2. The molecule has 13 atom stereocenters. The SMILES string of the molecule is C=S1(=O)NC(=O)c2ccc3c(c2)N(C[C@@H]2CC[C@H]2[C@](O)(COCCC)CCC[C@H](C)[C@H]1C)C[C@@]1(CCCc2cc(Cl)ccc21)CO3.CCCOC[C@@]1(O)CCC[C@H](C)[C@@H](C)S(=O)(=O)NC(=O)c2ccc3c(c2)N(C[C@@H]2CC[C@H]21)C[C@@]1(CCCc2cc(Cl)ccc21)CO3. The van der Waals surface area contributed by atoms with Crippen LogP contribution in [0.25, 0.3) is 0 Å². The minimum Gasteiger partial charge on any atom is -0.490 e. The summed E-state index contributed by atoms with van der Waals surface area (Å²) in [4.78, 5) is 31.8. The Labute approximate surface area is 557 Å². The second-order valence-corrected chi connectivity index (χ2v) is 34.4. The van der Waals surface area contributed by atoms with E-state index < -0.39 is 42.1 Å². The van der Waals surface area contributed by atoms with Crippen molar-refractivity contribution in [1.29, 1.82) is 0 Å². The van der Waals surface area contributed by atoms with Crippen LogP contribution in [0.3, 0.4) is 0 Å². The predicted octanol–water partition coefficient (Wildman–Crippen LogP) is 12.8. The topological polar surface area (TPSA) is 193 Å². The molecule has 0 radical (unpaired) electrons. The lowest BCUT2D eigenvalue weighted by Crippen LogP contribution is -2.54. The summed E-state index contributed by atoms with van der Waals surface area (Å²) in [6.45, 7) is 17.4. The Kier molecular flexibility index (Phi) is 21.1. The zero-order chi connectivity index (χ0) is 65.4. The Bertz CT molecular complexity index is 3330. The van der Waals surface area contributed by atoms with E-state index in [4.69, 9.17) is 42.1 Å². The Hall–Kier alpha value is -4.59. The Balaban J connectivity index is 0.000000188. The van der Waals surface area contributed by atoms with Crippen molar-refractivity contribution in [2.75, 3.05) is 75.6 Å². The summed E-state index contributed by atoms with van der Waals surface area (Å²) >= 11 is 12.9. The van der Waals surface area contributed by atoms with Gasteiger partial charge in [0.2, 0.25) is 10.0 Å². The number of carbonyl (C=O) groups excluding carboxylic acids is 2. The van der Waals surface area contributed by atoms with Gasteiger partial charge in [-0.05, 0) is 241 Å². The molecule has 19 heteroatoms. The number of nitrogens with one attached hydrogen (secondary N) is 2. The molecule has 2 amide bonds. The first-order chi connectivity index (χ1) is 43.9. The number of carbonyl (C=O) groups is 2. The molecule has 0 saturated heterocycles. The largest absolute Gasteiger partial charge is 0.490 e. The molecule has 1 unspecified atom stereocenters. The Morgan fingerprint density at radius 2 is 1.03 bits per heavy atom. The lowest BCUT2D eigenvalue weighted by molar-refractivity contribution is -0.132. The minimum atomic E-state index is -3.93. The maximum Gasteiger partial charge on any atom is 0.264 e. The molecule has 4 N–H and O–H groups in total. The predicted molar refractivity (Wildman–Crippen MR) is 369 cm³/mol. The molecule has 2 saturated carbocycles. The summed E-state index contributed by atoms with van der Waals surface area (Å²) in [5.74, 6) is 4.93. The monoisotopic (exact) mass is 1340 g/mol. The van der Waals surface area contributed by atoms with Crippen LogP contribution in [0.2, 0.25) is 10.0 Å². The lowest BCUT2D eigenvalue weighted by atomic mass is 9.63. The quantitative estimate of drug-likeness (QED) is 0.0963. The fourth-order valence-electron chi connectivity index (χ4n) is 16.8. The van der Waals surface area contributed by atoms with E-state index in [1.54, 1.807) is 31.2 Å². The lowest BCUT2D eigenvalue weighted by Gasteiger charge is -2.50. The van der Waals surface area contributed by atoms with Crippen molar-refractivity contribution in [2.24, 2.45) is 35.5 Å². The highest BCUT2D eigenvalue weighted by atomic mass is 35.5. The van der Waals surface area contributed by atoms with Crippen LogP contribution in [0.1, 0.15) is 187 Å². The number of anilines is 2. The maximum atomic E-state index is 13.8. The fourth-order valence-corrected chi connectivity index (χ4v) is 20.0. The molecule has 504 valence electrons.